The normalized spacial score (nSPS) is 11.0. The maximum absolute atomic E-state index is 13.5. The Morgan fingerprint density at radius 2 is 1.94 bits per heavy atom. The Balaban J connectivity index is 0.00000289. The van der Waals surface area contributed by atoms with Gasteiger partial charge in [-0.3, -0.25) is 9.69 Å². The van der Waals surface area contributed by atoms with Gasteiger partial charge in [0.25, 0.3) is 5.91 Å². The molecule has 0 aliphatic heterocycles. The second-order valence-electron chi connectivity index (χ2n) is 7.17. The van der Waals surface area contributed by atoms with Crippen molar-refractivity contribution in [1.29, 1.82) is 0 Å². The van der Waals surface area contributed by atoms with Crippen LogP contribution in [0.2, 0.25) is 5.02 Å². The van der Waals surface area contributed by atoms with Gasteiger partial charge in [0.05, 0.1) is 16.8 Å². The number of thiazole rings is 1. The zero-order valence-electron chi connectivity index (χ0n) is 17.6. The van der Waals surface area contributed by atoms with Crippen LogP contribution in [-0.2, 0) is 0 Å². The summed E-state index contributed by atoms with van der Waals surface area (Å²) < 4.78 is 11.5. The third-order valence-corrected chi connectivity index (χ3v) is 6.32. The highest BCUT2D eigenvalue weighted by atomic mass is 35.5. The Bertz CT molecular complexity index is 1340. The number of halogens is 2. The molecule has 0 aliphatic rings. The molecular weight excluding hydrogens is 473 g/mol. The maximum atomic E-state index is 13.5. The Morgan fingerprint density at radius 1 is 1.19 bits per heavy atom. The molecule has 4 rings (SSSR count). The molecule has 4 aromatic rings. The van der Waals surface area contributed by atoms with Crippen LogP contribution in [0.25, 0.3) is 21.2 Å². The van der Waals surface area contributed by atoms with Crippen molar-refractivity contribution in [3.63, 3.8) is 0 Å². The van der Waals surface area contributed by atoms with Crippen LogP contribution in [0.3, 0.4) is 0 Å². The molecule has 0 N–H and O–H groups in total. The summed E-state index contributed by atoms with van der Waals surface area (Å²) in [6.07, 6.45) is 0. The van der Waals surface area contributed by atoms with Crippen molar-refractivity contribution in [3.05, 3.63) is 63.5 Å². The van der Waals surface area contributed by atoms with Crippen molar-refractivity contribution in [2.45, 2.75) is 0 Å². The van der Waals surface area contributed by atoms with E-state index in [0.29, 0.717) is 50.2 Å². The quantitative estimate of drug-likeness (QED) is 0.362. The Morgan fingerprint density at radius 3 is 2.66 bits per heavy atom. The van der Waals surface area contributed by atoms with Crippen LogP contribution < -0.4 is 15.3 Å². The number of hydrogen-bond acceptors (Lipinski definition) is 7. The zero-order chi connectivity index (χ0) is 22.1. The van der Waals surface area contributed by atoms with Gasteiger partial charge < -0.3 is 14.1 Å². The van der Waals surface area contributed by atoms with Crippen molar-refractivity contribution < 1.29 is 13.9 Å². The van der Waals surface area contributed by atoms with Crippen molar-refractivity contribution >= 4 is 67.6 Å². The van der Waals surface area contributed by atoms with Gasteiger partial charge in [-0.05, 0) is 38.4 Å². The van der Waals surface area contributed by atoms with Gasteiger partial charge in [-0.15, -0.1) is 12.4 Å². The first kappa shape index (κ1) is 24.0. The first-order valence-corrected chi connectivity index (χ1v) is 10.7. The van der Waals surface area contributed by atoms with Gasteiger partial charge in [-0.25, -0.2) is 9.78 Å². The third kappa shape index (κ3) is 4.59. The molecule has 2 heterocycles. The van der Waals surface area contributed by atoms with E-state index in [-0.39, 0.29) is 18.0 Å². The second-order valence-corrected chi connectivity index (χ2v) is 8.55. The van der Waals surface area contributed by atoms with E-state index in [2.05, 4.69) is 4.98 Å². The first-order chi connectivity index (χ1) is 14.9. The number of fused-ring (bicyclic) bond motifs is 2. The molecule has 0 atom stereocenters. The summed E-state index contributed by atoms with van der Waals surface area (Å²) in [5.74, 6) is 0.0858. The molecule has 0 radical (unpaired) electrons. The number of para-hydroxylation sites is 1. The van der Waals surface area contributed by atoms with E-state index in [1.54, 1.807) is 43.5 Å². The number of carbonyl (C=O) groups excluding carboxylic acids is 1. The molecule has 10 heteroatoms. The molecule has 168 valence electrons. The molecule has 0 fully saturated rings. The van der Waals surface area contributed by atoms with Crippen molar-refractivity contribution in [3.8, 4) is 5.75 Å². The number of likely N-dealkylation sites (N-methyl/N-ethyl adjacent to an activating group) is 1. The number of hydrogen-bond donors (Lipinski definition) is 0. The average molecular weight is 494 g/mol. The van der Waals surface area contributed by atoms with E-state index >= 15 is 0 Å². The van der Waals surface area contributed by atoms with Crippen molar-refractivity contribution in [2.24, 2.45) is 0 Å². The smallest absolute Gasteiger partial charge is 0.349 e. The summed E-state index contributed by atoms with van der Waals surface area (Å²) in [5.41, 5.74) is 0.272. The predicted octanol–water partition coefficient (Wildman–Crippen LogP) is 4.69. The summed E-state index contributed by atoms with van der Waals surface area (Å²) >= 11 is 7.63. The SMILES string of the molecule is COc1ccc(Cl)c2sc(N(CCN(C)C)C(=O)c3cc4ccccc4oc3=O)nc12.Cl. The minimum absolute atomic E-state index is 0. The van der Waals surface area contributed by atoms with Crippen LogP contribution in [0.5, 0.6) is 5.75 Å². The van der Waals surface area contributed by atoms with Crippen LogP contribution >= 0.6 is 35.3 Å². The number of aromatic nitrogens is 1. The second kappa shape index (κ2) is 9.87. The first-order valence-electron chi connectivity index (χ1n) is 9.51. The van der Waals surface area contributed by atoms with Crippen LogP contribution in [0, 0.1) is 0 Å². The number of carbonyl (C=O) groups is 1. The summed E-state index contributed by atoms with van der Waals surface area (Å²) in [5, 5.41) is 1.62. The minimum atomic E-state index is -0.685. The van der Waals surface area contributed by atoms with Crippen LogP contribution in [0.15, 0.2) is 51.7 Å². The highest BCUT2D eigenvalue weighted by Crippen LogP contribution is 2.39. The van der Waals surface area contributed by atoms with Gasteiger partial charge in [-0.2, -0.15) is 0 Å². The monoisotopic (exact) mass is 493 g/mol. The predicted molar refractivity (Wildman–Crippen MR) is 131 cm³/mol. The molecule has 1 amide bonds. The lowest BCUT2D eigenvalue weighted by Gasteiger charge is -2.21. The molecule has 2 aromatic carbocycles. The van der Waals surface area contributed by atoms with Gasteiger partial charge in [0.1, 0.15) is 22.4 Å². The summed E-state index contributed by atoms with van der Waals surface area (Å²) in [6.45, 7) is 0.906. The van der Waals surface area contributed by atoms with E-state index in [1.807, 2.05) is 25.1 Å². The molecule has 0 unspecified atom stereocenters. The number of anilines is 1. The highest BCUT2D eigenvalue weighted by molar-refractivity contribution is 7.23. The van der Waals surface area contributed by atoms with Crippen LogP contribution in [0.4, 0.5) is 5.13 Å². The number of benzene rings is 2. The lowest BCUT2D eigenvalue weighted by Crippen LogP contribution is -2.38. The summed E-state index contributed by atoms with van der Waals surface area (Å²) in [4.78, 5) is 34.1. The minimum Gasteiger partial charge on any atom is -0.494 e. The Hall–Kier alpha value is -2.65. The van der Waals surface area contributed by atoms with E-state index < -0.39 is 11.5 Å². The summed E-state index contributed by atoms with van der Waals surface area (Å²) in [6, 6.07) is 12.1. The largest absolute Gasteiger partial charge is 0.494 e. The molecule has 32 heavy (non-hydrogen) atoms. The zero-order valence-corrected chi connectivity index (χ0v) is 20.0. The highest BCUT2D eigenvalue weighted by Gasteiger charge is 2.26. The van der Waals surface area contributed by atoms with E-state index in [0.717, 1.165) is 0 Å². The van der Waals surface area contributed by atoms with Crippen molar-refractivity contribution in [1.82, 2.24) is 9.88 Å². The molecule has 7 nitrogen and oxygen atoms in total. The number of nitrogens with zero attached hydrogens (tertiary/aromatic N) is 3. The van der Waals surface area contributed by atoms with Crippen molar-refractivity contribution in [2.75, 3.05) is 39.2 Å². The van der Waals surface area contributed by atoms with Crippen LogP contribution in [-0.4, -0.2) is 50.1 Å². The van der Waals surface area contributed by atoms with Gasteiger partial charge in [0, 0.05) is 18.5 Å². The topological polar surface area (TPSA) is 75.9 Å². The van der Waals surface area contributed by atoms with Gasteiger partial charge in [-0.1, -0.05) is 41.1 Å². The van der Waals surface area contributed by atoms with E-state index in [1.165, 1.54) is 16.2 Å². The Labute approximate surface area is 199 Å². The number of methoxy groups -OCH3 is 1. The fourth-order valence-corrected chi connectivity index (χ4v) is 4.44. The van der Waals surface area contributed by atoms with Gasteiger partial charge in [0.2, 0.25) is 0 Å². The molecule has 2 aromatic heterocycles. The fraction of sp³-hybridized carbons (Fsp3) is 0.227. The van der Waals surface area contributed by atoms with Gasteiger partial charge >= 0.3 is 5.63 Å². The standard InChI is InChI=1S/C22H20ClN3O4S.ClH/c1-25(2)10-11-26(22-24-18-17(29-3)9-8-15(23)19(18)31-22)20(27)14-12-13-6-4-5-7-16(13)30-21(14)28;/h4-9,12H,10-11H2,1-3H3;1H. The lowest BCUT2D eigenvalue weighted by atomic mass is 10.1. The molecular formula is C22H21Cl2N3O4S. The molecule has 0 saturated carbocycles. The third-order valence-electron chi connectivity index (χ3n) is 4.79. The lowest BCUT2D eigenvalue weighted by molar-refractivity contribution is 0.0982. The maximum Gasteiger partial charge on any atom is 0.349 e. The van der Waals surface area contributed by atoms with E-state index in [9.17, 15) is 9.59 Å². The van der Waals surface area contributed by atoms with E-state index in [4.69, 9.17) is 20.8 Å². The van der Waals surface area contributed by atoms with Crippen LogP contribution in [0.1, 0.15) is 10.4 Å². The molecule has 0 aliphatic carbocycles. The molecule has 0 bridgehead atoms. The molecule has 0 spiro atoms. The average Bonchev–Trinajstić information content (AvgIpc) is 3.19. The molecule has 0 saturated heterocycles. The number of amides is 1. The van der Waals surface area contributed by atoms with Gasteiger partial charge in [0.15, 0.2) is 5.13 Å². The number of ether oxygens (including phenoxy) is 1. The fourth-order valence-electron chi connectivity index (χ4n) is 3.16. The Kier molecular flexibility index (Phi) is 7.40. The number of rotatable bonds is 6. The summed E-state index contributed by atoms with van der Waals surface area (Å²) in [7, 11) is 5.37.